The third kappa shape index (κ3) is 5.08. The minimum atomic E-state index is 0.606. The third-order valence-electron chi connectivity index (χ3n) is 4.44. The van der Waals surface area contributed by atoms with E-state index >= 15 is 0 Å². The lowest BCUT2D eigenvalue weighted by molar-refractivity contribution is 0.659. The lowest BCUT2D eigenvalue weighted by atomic mass is 10.1. The van der Waals surface area contributed by atoms with Crippen LogP contribution in [0.1, 0.15) is 22.5 Å². The first kappa shape index (κ1) is 19.4. The zero-order chi connectivity index (χ0) is 19.2. The fraction of sp³-hybridized carbons (Fsp3) is 0.238. The Morgan fingerprint density at radius 2 is 1.78 bits per heavy atom. The Morgan fingerprint density at radius 3 is 2.52 bits per heavy atom. The number of thiocarbonyl (C=S) groups is 1. The topological polar surface area (TPSA) is 41.9 Å². The summed E-state index contributed by atoms with van der Waals surface area (Å²) in [6, 6.07) is 18.2. The summed E-state index contributed by atoms with van der Waals surface area (Å²) >= 11 is 11.7. The molecule has 0 unspecified atom stereocenters. The Morgan fingerprint density at radius 1 is 1.07 bits per heavy atom. The van der Waals surface area contributed by atoms with Gasteiger partial charge in [0.2, 0.25) is 0 Å². The van der Waals surface area contributed by atoms with Crippen molar-refractivity contribution in [1.29, 1.82) is 0 Å². The molecule has 0 spiro atoms. The van der Waals surface area contributed by atoms with Crippen molar-refractivity contribution < 1.29 is 0 Å². The molecule has 4 nitrogen and oxygen atoms in total. The minimum Gasteiger partial charge on any atom is -0.362 e. The highest BCUT2D eigenvalue weighted by Crippen LogP contribution is 2.22. The number of benzene rings is 2. The number of aromatic nitrogens is 2. The maximum atomic E-state index is 6.28. The number of nitrogens with one attached hydrogen (secondary N) is 2. The van der Waals surface area contributed by atoms with Crippen LogP contribution in [0.25, 0.3) is 0 Å². The molecule has 0 saturated carbocycles. The van der Waals surface area contributed by atoms with Gasteiger partial charge in [0.05, 0.1) is 23.6 Å². The number of aryl methyl sites for hydroxylation is 1. The molecule has 1 aromatic heterocycles. The Bertz CT molecular complexity index is 921. The Labute approximate surface area is 170 Å². The summed E-state index contributed by atoms with van der Waals surface area (Å²) in [5.41, 5.74) is 5.21. The predicted octanol–water partition coefficient (Wildman–Crippen LogP) is 4.73. The van der Waals surface area contributed by atoms with E-state index < -0.39 is 0 Å². The van der Waals surface area contributed by atoms with Crippen LogP contribution in [0, 0.1) is 13.8 Å². The first-order valence-electron chi connectivity index (χ1n) is 8.91. The fourth-order valence-corrected chi connectivity index (χ4v) is 3.34. The first-order valence-corrected chi connectivity index (χ1v) is 9.69. The van der Waals surface area contributed by atoms with E-state index in [0.29, 0.717) is 11.7 Å². The molecule has 2 aromatic carbocycles. The van der Waals surface area contributed by atoms with Gasteiger partial charge in [0.25, 0.3) is 0 Å². The quantitative estimate of drug-likeness (QED) is 0.589. The Kier molecular flexibility index (Phi) is 6.48. The van der Waals surface area contributed by atoms with Crippen LogP contribution in [0.2, 0.25) is 5.02 Å². The Balaban J connectivity index is 1.60. The third-order valence-corrected chi connectivity index (χ3v) is 5.06. The summed E-state index contributed by atoms with van der Waals surface area (Å²) in [6.07, 6.45) is 0.923. The van der Waals surface area contributed by atoms with Crippen LogP contribution >= 0.6 is 23.8 Å². The molecular formula is C21H23ClN4S. The van der Waals surface area contributed by atoms with Crippen LogP contribution in [0.4, 0.5) is 5.69 Å². The van der Waals surface area contributed by atoms with Crippen LogP contribution in [0.5, 0.6) is 0 Å². The summed E-state index contributed by atoms with van der Waals surface area (Å²) in [7, 11) is 0. The zero-order valence-electron chi connectivity index (χ0n) is 15.5. The minimum absolute atomic E-state index is 0.606. The Hall–Kier alpha value is -2.37. The van der Waals surface area contributed by atoms with E-state index in [2.05, 4.69) is 27.9 Å². The molecule has 0 fully saturated rings. The van der Waals surface area contributed by atoms with Gasteiger partial charge in [-0.1, -0.05) is 60.1 Å². The molecule has 27 heavy (non-hydrogen) atoms. The largest absolute Gasteiger partial charge is 0.362 e. The SMILES string of the molecule is Cc1nn(Cc2ccccc2Cl)c(C)c1NC(=S)NCCc1ccccc1. The lowest BCUT2D eigenvalue weighted by Gasteiger charge is -2.11. The molecule has 140 valence electrons. The molecule has 0 aliphatic heterocycles. The van der Waals surface area contributed by atoms with E-state index in [1.807, 2.05) is 61.0 Å². The van der Waals surface area contributed by atoms with Crippen molar-refractivity contribution in [2.24, 2.45) is 0 Å². The van der Waals surface area contributed by atoms with Gasteiger partial charge in [-0.3, -0.25) is 4.68 Å². The van der Waals surface area contributed by atoms with Crippen LogP contribution in [-0.4, -0.2) is 21.4 Å². The van der Waals surface area contributed by atoms with Gasteiger partial charge < -0.3 is 10.6 Å². The normalized spacial score (nSPS) is 10.6. The van der Waals surface area contributed by atoms with Gasteiger partial charge in [-0.05, 0) is 49.7 Å². The fourth-order valence-electron chi connectivity index (χ4n) is 2.94. The predicted molar refractivity (Wildman–Crippen MR) is 117 cm³/mol. The van der Waals surface area contributed by atoms with Gasteiger partial charge in [-0.2, -0.15) is 5.10 Å². The second kappa shape index (κ2) is 9.02. The maximum Gasteiger partial charge on any atom is 0.170 e. The molecule has 1 heterocycles. The average molecular weight is 399 g/mol. The molecule has 0 bridgehead atoms. The molecule has 6 heteroatoms. The zero-order valence-corrected chi connectivity index (χ0v) is 17.1. The standard InChI is InChI=1S/C21H23ClN4S/c1-15-20(24-21(27)23-13-12-17-8-4-3-5-9-17)16(2)26(25-15)14-18-10-6-7-11-19(18)22/h3-11H,12-14H2,1-2H3,(H2,23,24,27). The van der Waals surface area contributed by atoms with Gasteiger partial charge in [-0.15, -0.1) is 0 Å². The summed E-state index contributed by atoms with van der Waals surface area (Å²) in [6.45, 7) is 5.42. The van der Waals surface area contributed by atoms with Gasteiger partial charge in [-0.25, -0.2) is 0 Å². The molecule has 3 aromatic rings. The van der Waals surface area contributed by atoms with E-state index in [9.17, 15) is 0 Å². The molecule has 0 atom stereocenters. The maximum absolute atomic E-state index is 6.28. The van der Waals surface area contributed by atoms with Crippen LogP contribution in [0.3, 0.4) is 0 Å². The second-order valence-corrected chi connectivity index (χ2v) is 7.23. The first-order chi connectivity index (χ1) is 13.0. The molecular weight excluding hydrogens is 376 g/mol. The summed E-state index contributed by atoms with van der Waals surface area (Å²) in [5, 5.41) is 12.5. The van der Waals surface area contributed by atoms with E-state index in [-0.39, 0.29) is 0 Å². The van der Waals surface area contributed by atoms with E-state index in [1.54, 1.807) is 0 Å². The summed E-state index contributed by atoms with van der Waals surface area (Å²) < 4.78 is 1.95. The molecule has 0 amide bonds. The second-order valence-electron chi connectivity index (χ2n) is 6.41. The van der Waals surface area contributed by atoms with Gasteiger partial charge >= 0.3 is 0 Å². The van der Waals surface area contributed by atoms with Crippen molar-refractivity contribution >= 4 is 34.6 Å². The van der Waals surface area contributed by atoms with Gasteiger partial charge in [0, 0.05) is 11.6 Å². The molecule has 3 rings (SSSR count). The van der Waals surface area contributed by atoms with Crippen LogP contribution in [0.15, 0.2) is 54.6 Å². The number of nitrogens with zero attached hydrogens (tertiary/aromatic N) is 2. The highest BCUT2D eigenvalue weighted by Gasteiger charge is 2.13. The number of halogens is 1. The van der Waals surface area contributed by atoms with Crippen molar-refractivity contribution in [2.45, 2.75) is 26.8 Å². The van der Waals surface area contributed by atoms with Gasteiger partial charge in [0.15, 0.2) is 5.11 Å². The van der Waals surface area contributed by atoms with Crippen LogP contribution in [-0.2, 0) is 13.0 Å². The van der Waals surface area contributed by atoms with Crippen LogP contribution < -0.4 is 10.6 Å². The number of rotatable bonds is 6. The average Bonchev–Trinajstić information content (AvgIpc) is 2.92. The smallest absolute Gasteiger partial charge is 0.170 e. The highest BCUT2D eigenvalue weighted by molar-refractivity contribution is 7.80. The molecule has 0 saturated heterocycles. The number of hydrogen-bond donors (Lipinski definition) is 2. The van der Waals surface area contributed by atoms with Gasteiger partial charge in [0.1, 0.15) is 0 Å². The van der Waals surface area contributed by atoms with Crippen molar-refractivity contribution in [3.63, 3.8) is 0 Å². The van der Waals surface area contributed by atoms with Crippen molar-refractivity contribution in [2.75, 3.05) is 11.9 Å². The lowest BCUT2D eigenvalue weighted by Crippen LogP contribution is -2.30. The molecule has 0 aliphatic carbocycles. The number of anilines is 1. The van der Waals surface area contributed by atoms with E-state index in [0.717, 1.165) is 40.6 Å². The summed E-state index contributed by atoms with van der Waals surface area (Å²) in [4.78, 5) is 0. The molecule has 0 radical (unpaired) electrons. The number of hydrogen-bond acceptors (Lipinski definition) is 2. The molecule has 2 N–H and O–H groups in total. The highest BCUT2D eigenvalue weighted by atomic mass is 35.5. The van der Waals surface area contributed by atoms with Crippen molar-refractivity contribution in [3.8, 4) is 0 Å². The summed E-state index contributed by atoms with van der Waals surface area (Å²) in [5.74, 6) is 0. The van der Waals surface area contributed by atoms with E-state index in [4.69, 9.17) is 23.8 Å². The monoisotopic (exact) mass is 398 g/mol. The van der Waals surface area contributed by atoms with E-state index in [1.165, 1.54) is 5.56 Å². The molecule has 0 aliphatic rings. The van der Waals surface area contributed by atoms with Crippen molar-refractivity contribution in [1.82, 2.24) is 15.1 Å². The van der Waals surface area contributed by atoms with Crippen molar-refractivity contribution in [3.05, 3.63) is 82.1 Å².